The largest absolute Gasteiger partial charge is 0.338 e. The molecule has 0 aliphatic carbocycles. The van der Waals surface area contributed by atoms with Gasteiger partial charge in [0.2, 0.25) is 0 Å². The summed E-state index contributed by atoms with van der Waals surface area (Å²) in [5, 5.41) is 0.597. The number of nitrogens with two attached hydrogens (primary N) is 1. The summed E-state index contributed by atoms with van der Waals surface area (Å²) in [6.07, 6.45) is 0. The smallest absolute Gasteiger partial charge is 0.253 e. The topological polar surface area (TPSA) is 46.3 Å². The van der Waals surface area contributed by atoms with Crippen LogP contribution in [-0.2, 0) is 0 Å². The van der Waals surface area contributed by atoms with Crippen LogP contribution in [0.5, 0.6) is 0 Å². The van der Waals surface area contributed by atoms with Crippen molar-refractivity contribution in [3.8, 4) is 0 Å². The summed E-state index contributed by atoms with van der Waals surface area (Å²) in [7, 11) is 1.74. The molecule has 0 saturated heterocycles. The first-order valence-corrected chi connectivity index (χ1v) is 6.35. The second kappa shape index (κ2) is 5.84. The van der Waals surface area contributed by atoms with Gasteiger partial charge in [0, 0.05) is 28.8 Å². The number of halogens is 2. The Kier molecular flexibility index (Phi) is 5.01. The van der Waals surface area contributed by atoms with E-state index in [2.05, 4.69) is 22.6 Å². The van der Waals surface area contributed by atoms with Crippen LogP contribution in [0, 0.1) is 3.57 Å². The molecule has 1 aromatic rings. The molecule has 0 saturated carbocycles. The SMILES string of the molecule is CC(CN)N(C)C(=O)c1ccc(I)c(Cl)c1. The van der Waals surface area contributed by atoms with E-state index in [4.69, 9.17) is 17.3 Å². The molecular weight excluding hydrogens is 338 g/mol. The van der Waals surface area contributed by atoms with Crippen molar-refractivity contribution < 1.29 is 4.79 Å². The molecule has 88 valence electrons. The van der Waals surface area contributed by atoms with Crippen molar-refractivity contribution in [3.05, 3.63) is 32.4 Å². The maximum Gasteiger partial charge on any atom is 0.253 e. The quantitative estimate of drug-likeness (QED) is 0.849. The fraction of sp³-hybridized carbons (Fsp3) is 0.364. The van der Waals surface area contributed by atoms with Crippen molar-refractivity contribution in [3.63, 3.8) is 0 Å². The first kappa shape index (κ1) is 13.7. The van der Waals surface area contributed by atoms with E-state index in [1.807, 2.05) is 13.0 Å². The van der Waals surface area contributed by atoms with Gasteiger partial charge in [-0.3, -0.25) is 4.79 Å². The third-order valence-corrected chi connectivity index (χ3v) is 4.06. The summed E-state index contributed by atoms with van der Waals surface area (Å²) >= 11 is 8.10. The molecule has 0 fully saturated rings. The molecule has 1 rings (SSSR count). The Hall–Kier alpha value is -0.330. The van der Waals surface area contributed by atoms with E-state index in [0.29, 0.717) is 17.1 Å². The van der Waals surface area contributed by atoms with Crippen LogP contribution < -0.4 is 5.73 Å². The van der Waals surface area contributed by atoms with Crippen molar-refractivity contribution >= 4 is 40.1 Å². The van der Waals surface area contributed by atoms with Crippen LogP contribution in [0.4, 0.5) is 0 Å². The molecule has 1 amide bonds. The summed E-state index contributed by atoms with van der Waals surface area (Å²) in [6.45, 7) is 2.35. The molecule has 0 heterocycles. The Morgan fingerprint density at radius 1 is 1.62 bits per heavy atom. The second-order valence-electron chi connectivity index (χ2n) is 3.63. The number of rotatable bonds is 3. The van der Waals surface area contributed by atoms with E-state index in [1.54, 1.807) is 24.1 Å². The van der Waals surface area contributed by atoms with E-state index in [9.17, 15) is 4.79 Å². The van der Waals surface area contributed by atoms with E-state index < -0.39 is 0 Å². The Bertz CT molecular complexity index is 398. The highest BCUT2D eigenvalue weighted by atomic mass is 127. The number of hydrogen-bond acceptors (Lipinski definition) is 2. The molecule has 16 heavy (non-hydrogen) atoms. The normalized spacial score (nSPS) is 12.3. The zero-order valence-corrected chi connectivity index (χ0v) is 12.1. The Balaban J connectivity index is 2.92. The van der Waals surface area contributed by atoms with Gasteiger partial charge in [0.25, 0.3) is 5.91 Å². The number of likely N-dealkylation sites (N-methyl/N-ethyl adjacent to an activating group) is 1. The van der Waals surface area contributed by atoms with Gasteiger partial charge in [0.05, 0.1) is 5.02 Å². The first-order chi connectivity index (χ1) is 7.47. The number of amides is 1. The van der Waals surface area contributed by atoms with Crippen LogP contribution in [0.3, 0.4) is 0 Å². The maximum absolute atomic E-state index is 12.0. The molecule has 2 N–H and O–H groups in total. The molecule has 3 nitrogen and oxygen atoms in total. The van der Waals surface area contributed by atoms with Crippen molar-refractivity contribution in [1.82, 2.24) is 4.90 Å². The molecular formula is C11H14ClIN2O. The maximum atomic E-state index is 12.0. The lowest BCUT2D eigenvalue weighted by molar-refractivity contribution is 0.0748. The predicted molar refractivity (Wildman–Crippen MR) is 74.8 cm³/mol. The van der Waals surface area contributed by atoms with E-state index in [-0.39, 0.29) is 11.9 Å². The van der Waals surface area contributed by atoms with Crippen molar-refractivity contribution in [2.24, 2.45) is 5.73 Å². The van der Waals surface area contributed by atoms with Gasteiger partial charge in [0.15, 0.2) is 0 Å². The van der Waals surface area contributed by atoms with E-state index >= 15 is 0 Å². The average Bonchev–Trinajstić information content (AvgIpc) is 2.29. The zero-order valence-electron chi connectivity index (χ0n) is 9.21. The van der Waals surface area contributed by atoms with Gasteiger partial charge >= 0.3 is 0 Å². The van der Waals surface area contributed by atoms with E-state index in [1.165, 1.54) is 0 Å². The molecule has 0 radical (unpaired) electrons. The van der Waals surface area contributed by atoms with Gasteiger partial charge in [-0.05, 0) is 47.7 Å². The Morgan fingerprint density at radius 3 is 2.75 bits per heavy atom. The van der Waals surface area contributed by atoms with Gasteiger partial charge in [-0.15, -0.1) is 0 Å². The van der Waals surface area contributed by atoms with Crippen LogP contribution in [0.25, 0.3) is 0 Å². The standard InChI is InChI=1S/C11H14ClIN2O/c1-7(6-14)15(2)11(16)8-3-4-10(13)9(12)5-8/h3-5,7H,6,14H2,1-2H3. The van der Waals surface area contributed by atoms with Crippen LogP contribution in [0.2, 0.25) is 5.02 Å². The minimum Gasteiger partial charge on any atom is -0.338 e. The molecule has 5 heteroatoms. The number of benzene rings is 1. The highest BCUT2D eigenvalue weighted by Gasteiger charge is 2.16. The molecule has 0 aromatic heterocycles. The highest BCUT2D eigenvalue weighted by molar-refractivity contribution is 14.1. The Labute approximate surface area is 114 Å². The number of carbonyl (C=O) groups excluding carboxylic acids is 1. The monoisotopic (exact) mass is 352 g/mol. The van der Waals surface area contributed by atoms with Crippen molar-refractivity contribution in [1.29, 1.82) is 0 Å². The first-order valence-electron chi connectivity index (χ1n) is 4.89. The summed E-state index contributed by atoms with van der Waals surface area (Å²) in [5.74, 6) is -0.0590. The minimum atomic E-state index is -0.0590. The third-order valence-electron chi connectivity index (χ3n) is 2.49. The average molecular weight is 353 g/mol. The molecule has 0 bridgehead atoms. The summed E-state index contributed by atoms with van der Waals surface area (Å²) in [5.41, 5.74) is 6.11. The third kappa shape index (κ3) is 3.09. The van der Waals surface area contributed by atoms with Gasteiger partial charge in [-0.1, -0.05) is 11.6 Å². The van der Waals surface area contributed by atoms with Crippen molar-refractivity contribution in [2.75, 3.05) is 13.6 Å². The predicted octanol–water partition coefficient (Wildman–Crippen LogP) is 2.36. The number of carbonyl (C=O) groups is 1. The van der Waals surface area contributed by atoms with Gasteiger partial charge in [0.1, 0.15) is 0 Å². The lowest BCUT2D eigenvalue weighted by atomic mass is 10.2. The van der Waals surface area contributed by atoms with Gasteiger partial charge in [-0.25, -0.2) is 0 Å². The fourth-order valence-electron chi connectivity index (χ4n) is 1.19. The summed E-state index contributed by atoms with van der Waals surface area (Å²) < 4.78 is 0.936. The molecule has 0 aliphatic heterocycles. The van der Waals surface area contributed by atoms with Crippen LogP contribution in [0.15, 0.2) is 18.2 Å². The van der Waals surface area contributed by atoms with Crippen LogP contribution >= 0.6 is 34.2 Å². The van der Waals surface area contributed by atoms with Gasteiger partial charge < -0.3 is 10.6 Å². The zero-order chi connectivity index (χ0) is 12.3. The second-order valence-corrected chi connectivity index (χ2v) is 5.20. The molecule has 1 unspecified atom stereocenters. The van der Waals surface area contributed by atoms with Crippen LogP contribution in [0.1, 0.15) is 17.3 Å². The molecule has 0 spiro atoms. The lowest BCUT2D eigenvalue weighted by Crippen LogP contribution is -2.39. The number of nitrogens with zero attached hydrogens (tertiary/aromatic N) is 1. The Morgan fingerprint density at radius 2 is 2.25 bits per heavy atom. The molecule has 1 aromatic carbocycles. The fourth-order valence-corrected chi connectivity index (χ4v) is 1.71. The lowest BCUT2D eigenvalue weighted by Gasteiger charge is -2.23. The summed E-state index contributed by atoms with van der Waals surface area (Å²) in [4.78, 5) is 13.6. The van der Waals surface area contributed by atoms with Gasteiger partial charge in [-0.2, -0.15) is 0 Å². The highest BCUT2D eigenvalue weighted by Crippen LogP contribution is 2.20. The molecule has 0 aliphatic rings. The van der Waals surface area contributed by atoms with Crippen LogP contribution in [-0.4, -0.2) is 30.4 Å². The summed E-state index contributed by atoms with van der Waals surface area (Å²) in [6, 6.07) is 5.31. The molecule has 1 atom stereocenters. The minimum absolute atomic E-state index is 0.0190. The van der Waals surface area contributed by atoms with E-state index in [0.717, 1.165) is 3.57 Å². The number of hydrogen-bond donors (Lipinski definition) is 1. The van der Waals surface area contributed by atoms with Crippen molar-refractivity contribution in [2.45, 2.75) is 13.0 Å².